The van der Waals surface area contributed by atoms with Crippen LogP contribution in [0.25, 0.3) is 10.8 Å². The van der Waals surface area contributed by atoms with Crippen LogP contribution in [0.15, 0.2) is 72.0 Å². The molecule has 142 valence electrons. The fourth-order valence-corrected chi connectivity index (χ4v) is 2.80. The molecule has 1 heterocycles. The number of H-pyrrole nitrogens is 1. The maximum absolute atomic E-state index is 12.5. The molecule has 0 aliphatic rings. The predicted molar refractivity (Wildman–Crippen MR) is 106 cm³/mol. The van der Waals surface area contributed by atoms with Gasteiger partial charge in [0.15, 0.2) is 6.61 Å². The number of aromatic nitrogens is 2. The number of nitrogens with zero attached hydrogens (tertiary/aromatic N) is 2. The highest BCUT2D eigenvalue weighted by molar-refractivity contribution is 5.95. The SMILES string of the molecule is C=CCN(C(=O)COC(=O)Cc1n[nH]c(=O)c2ccccc12)c1ccccc1. The molecule has 3 aromatic rings. The minimum atomic E-state index is -0.607. The van der Waals surface area contributed by atoms with E-state index in [1.807, 2.05) is 18.2 Å². The maximum atomic E-state index is 12.5. The molecular formula is C21H19N3O4. The number of hydrogen-bond acceptors (Lipinski definition) is 5. The molecule has 1 amide bonds. The largest absolute Gasteiger partial charge is 0.455 e. The number of anilines is 1. The monoisotopic (exact) mass is 377 g/mol. The Balaban J connectivity index is 1.67. The quantitative estimate of drug-likeness (QED) is 0.503. The first-order valence-electron chi connectivity index (χ1n) is 8.68. The second kappa shape index (κ2) is 8.77. The molecule has 0 aliphatic carbocycles. The van der Waals surface area contributed by atoms with Gasteiger partial charge in [0, 0.05) is 17.6 Å². The Labute approximate surface area is 161 Å². The Morgan fingerprint density at radius 2 is 1.75 bits per heavy atom. The van der Waals surface area contributed by atoms with Crippen LogP contribution in [0.5, 0.6) is 0 Å². The van der Waals surface area contributed by atoms with Crippen LogP contribution in [0.3, 0.4) is 0 Å². The lowest BCUT2D eigenvalue weighted by atomic mass is 10.1. The normalized spacial score (nSPS) is 10.4. The molecule has 1 N–H and O–H groups in total. The summed E-state index contributed by atoms with van der Waals surface area (Å²) in [5.41, 5.74) is 0.751. The van der Waals surface area contributed by atoms with E-state index in [1.54, 1.807) is 42.5 Å². The molecule has 0 atom stereocenters. The van der Waals surface area contributed by atoms with E-state index in [0.717, 1.165) is 0 Å². The second-order valence-electron chi connectivity index (χ2n) is 6.01. The van der Waals surface area contributed by atoms with Crippen molar-refractivity contribution in [3.63, 3.8) is 0 Å². The van der Waals surface area contributed by atoms with Gasteiger partial charge < -0.3 is 9.64 Å². The number of rotatable bonds is 7. The van der Waals surface area contributed by atoms with Gasteiger partial charge in [0.1, 0.15) is 0 Å². The summed E-state index contributed by atoms with van der Waals surface area (Å²) in [5.74, 6) is -0.969. The minimum Gasteiger partial charge on any atom is -0.455 e. The van der Waals surface area contributed by atoms with E-state index in [2.05, 4.69) is 16.8 Å². The number of aromatic amines is 1. The van der Waals surface area contributed by atoms with Crippen LogP contribution in [-0.4, -0.2) is 35.2 Å². The Morgan fingerprint density at radius 1 is 1.07 bits per heavy atom. The molecule has 2 aromatic carbocycles. The Bertz CT molecular complexity index is 1060. The van der Waals surface area contributed by atoms with Crippen molar-refractivity contribution in [3.8, 4) is 0 Å². The van der Waals surface area contributed by atoms with Gasteiger partial charge in [0.2, 0.25) is 0 Å². The first-order chi connectivity index (χ1) is 13.6. The minimum absolute atomic E-state index is 0.155. The summed E-state index contributed by atoms with van der Waals surface area (Å²) in [4.78, 5) is 38.0. The van der Waals surface area contributed by atoms with Gasteiger partial charge in [-0.05, 0) is 18.2 Å². The number of amides is 1. The van der Waals surface area contributed by atoms with Crippen LogP contribution in [0.4, 0.5) is 5.69 Å². The van der Waals surface area contributed by atoms with Crippen molar-refractivity contribution in [2.45, 2.75) is 6.42 Å². The van der Waals surface area contributed by atoms with Crippen LogP contribution >= 0.6 is 0 Å². The number of para-hydroxylation sites is 1. The number of fused-ring (bicyclic) bond motifs is 1. The molecule has 0 saturated heterocycles. The molecule has 0 fully saturated rings. The van der Waals surface area contributed by atoms with E-state index in [4.69, 9.17) is 4.74 Å². The number of ether oxygens (including phenoxy) is 1. The molecule has 1 aromatic heterocycles. The molecule has 7 nitrogen and oxygen atoms in total. The van der Waals surface area contributed by atoms with Crippen molar-refractivity contribution in [2.75, 3.05) is 18.1 Å². The van der Waals surface area contributed by atoms with Gasteiger partial charge >= 0.3 is 5.97 Å². The third-order valence-electron chi connectivity index (χ3n) is 4.12. The van der Waals surface area contributed by atoms with Gasteiger partial charge in [-0.2, -0.15) is 5.10 Å². The van der Waals surface area contributed by atoms with Crippen LogP contribution in [0.2, 0.25) is 0 Å². The van der Waals surface area contributed by atoms with Gasteiger partial charge in [-0.15, -0.1) is 6.58 Å². The second-order valence-corrected chi connectivity index (χ2v) is 6.01. The van der Waals surface area contributed by atoms with E-state index in [9.17, 15) is 14.4 Å². The van der Waals surface area contributed by atoms with Crippen molar-refractivity contribution >= 4 is 28.3 Å². The molecule has 0 aliphatic heterocycles. The first-order valence-corrected chi connectivity index (χ1v) is 8.68. The van der Waals surface area contributed by atoms with Gasteiger partial charge in [-0.25, -0.2) is 5.10 Å². The zero-order valence-electron chi connectivity index (χ0n) is 15.1. The summed E-state index contributed by atoms with van der Waals surface area (Å²) < 4.78 is 5.14. The molecule has 28 heavy (non-hydrogen) atoms. The van der Waals surface area contributed by atoms with Gasteiger partial charge in [-0.1, -0.05) is 42.5 Å². The lowest BCUT2D eigenvalue weighted by molar-refractivity contribution is -0.147. The average Bonchev–Trinajstić information content (AvgIpc) is 2.73. The van der Waals surface area contributed by atoms with E-state index in [1.165, 1.54) is 4.90 Å². The number of esters is 1. The van der Waals surface area contributed by atoms with Crippen molar-refractivity contribution in [3.05, 3.63) is 83.3 Å². The Morgan fingerprint density at radius 3 is 2.46 bits per heavy atom. The molecule has 0 saturated carbocycles. The molecule has 3 rings (SSSR count). The smallest absolute Gasteiger partial charge is 0.312 e. The van der Waals surface area contributed by atoms with Crippen LogP contribution in [0.1, 0.15) is 5.69 Å². The Kier molecular flexibility index (Phi) is 5.96. The number of carbonyl (C=O) groups excluding carboxylic acids is 2. The fraction of sp³-hybridized carbons (Fsp3) is 0.143. The highest BCUT2D eigenvalue weighted by atomic mass is 16.5. The van der Waals surface area contributed by atoms with E-state index in [-0.39, 0.29) is 17.9 Å². The van der Waals surface area contributed by atoms with Gasteiger partial charge in [0.25, 0.3) is 11.5 Å². The van der Waals surface area contributed by atoms with E-state index in [0.29, 0.717) is 28.7 Å². The molecular weight excluding hydrogens is 358 g/mol. The number of carbonyl (C=O) groups is 2. The summed E-state index contributed by atoms with van der Waals surface area (Å²) in [6, 6.07) is 15.9. The van der Waals surface area contributed by atoms with E-state index >= 15 is 0 Å². The number of benzene rings is 2. The zero-order valence-corrected chi connectivity index (χ0v) is 15.1. The molecule has 0 spiro atoms. The number of hydrogen-bond donors (Lipinski definition) is 1. The summed E-state index contributed by atoms with van der Waals surface area (Å²) in [7, 11) is 0. The highest BCUT2D eigenvalue weighted by Gasteiger charge is 2.17. The number of nitrogens with one attached hydrogen (secondary N) is 1. The van der Waals surface area contributed by atoms with Crippen LogP contribution in [-0.2, 0) is 20.7 Å². The standard InChI is InChI=1S/C21H19N3O4/c1-2-12-24(15-8-4-3-5-9-15)19(25)14-28-20(26)13-18-16-10-6-7-11-17(16)21(27)23-22-18/h2-11H,1,12-14H2,(H,23,27). The average molecular weight is 377 g/mol. The highest BCUT2D eigenvalue weighted by Crippen LogP contribution is 2.15. The van der Waals surface area contributed by atoms with Gasteiger partial charge in [0.05, 0.1) is 17.5 Å². The Hall–Kier alpha value is -3.74. The van der Waals surface area contributed by atoms with Gasteiger partial charge in [-0.3, -0.25) is 14.4 Å². The van der Waals surface area contributed by atoms with Crippen molar-refractivity contribution in [2.24, 2.45) is 0 Å². The van der Waals surface area contributed by atoms with Crippen LogP contribution in [0, 0.1) is 0 Å². The van der Waals surface area contributed by atoms with Crippen molar-refractivity contribution in [1.29, 1.82) is 0 Å². The molecule has 7 heteroatoms. The molecule has 0 unspecified atom stereocenters. The zero-order chi connectivity index (χ0) is 19.9. The topological polar surface area (TPSA) is 92.4 Å². The third kappa shape index (κ3) is 4.32. The fourth-order valence-electron chi connectivity index (χ4n) is 2.80. The van der Waals surface area contributed by atoms with Crippen molar-refractivity contribution in [1.82, 2.24) is 10.2 Å². The lowest BCUT2D eigenvalue weighted by Crippen LogP contribution is -2.35. The third-order valence-corrected chi connectivity index (χ3v) is 4.12. The van der Waals surface area contributed by atoms with Crippen molar-refractivity contribution < 1.29 is 14.3 Å². The molecule has 0 bridgehead atoms. The van der Waals surface area contributed by atoms with Crippen LogP contribution < -0.4 is 10.5 Å². The summed E-state index contributed by atoms with van der Waals surface area (Å²) >= 11 is 0. The molecule has 0 radical (unpaired) electrons. The summed E-state index contributed by atoms with van der Waals surface area (Å²) in [6.07, 6.45) is 1.44. The summed E-state index contributed by atoms with van der Waals surface area (Å²) in [6.45, 7) is 3.55. The summed E-state index contributed by atoms with van der Waals surface area (Å²) in [5, 5.41) is 7.33. The first kappa shape index (κ1) is 19.0. The maximum Gasteiger partial charge on any atom is 0.312 e. The van der Waals surface area contributed by atoms with E-state index < -0.39 is 12.6 Å². The predicted octanol–water partition coefficient (Wildman–Crippen LogP) is 2.23. The lowest BCUT2D eigenvalue weighted by Gasteiger charge is -2.21.